The second-order valence-electron chi connectivity index (χ2n) is 6.21. The van der Waals surface area contributed by atoms with Gasteiger partial charge in [0.15, 0.2) is 5.82 Å². The minimum atomic E-state index is 0.738. The summed E-state index contributed by atoms with van der Waals surface area (Å²) in [7, 11) is 0. The molecule has 0 bridgehead atoms. The van der Waals surface area contributed by atoms with Gasteiger partial charge in [-0.15, -0.1) is 5.10 Å². The largest absolute Gasteiger partial charge is 0.354 e. The van der Waals surface area contributed by atoms with E-state index in [2.05, 4.69) is 48.9 Å². The molecule has 1 aromatic heterocycles. The van der Waals surface area contributed by atoms with E-state index >= 15 is 0 Å². The lowest BCUT2D eigenvalue weighted by Gasteiger charge is -2.35. The summed E-state index contributed by atoms with van der Waals surface area (Å²) in [5, 5.41) is 18.3. The van der Waals surface area contributed by atoms with E-state index < -0.39 is 0 Å². The van der Waals surface area contributed by atoms with Crippen LogP contribution in [-0.2, 0) is 12.8 Å². The zero-order valence-electron chi connectivity index (χ0n) is 13.7. The van der Waals surface area contributed by atoms with E-state index in [1.165, 1.54) is 12.8 Å². The number of nitrogens with zero attached hydrogens (tertiary/aromatic N) is 4. The molecule has 4 heteroatoms. The molecular formula is C17H26N4. The van der Waals surface area contributed by atoms with E-state index in [-0.39, 0.29) is 0 Å². The monoisotopic (exact) mass is 286 g/mol. The van der Waals surface area contributed by atoms with Crippen molar-refractivity contribution in [3.05, 3.63) is 16.8 Å². The molecule has 0 N–H and O–H groups in total. The molecule has 0 spiro atoms. The van der Waals surface area contributed by atoms with E-state index in [0.29, 0.717) is 0 Å². The van der Waals surface area contributed by atoms with Crippen molar-refractivity contribution in [1.82, 2.24) is 10.2 Å². The minimum Gasteiger partial charge on any atom is -0.354 e. The van der Waals surface area contributed by atoms with Crippen molar-refractivity contribution in [2.75, 3.05) is 18.0 Å². The molecule has 0 aliphatic carbocycles. The Morgan fingerprint density at radius 2 is 1.86 bits per heavy atom. The second-order valence-corrected chi connectivity index (χ2v) is 6.21. The van der Waals surface area contributed by atoms with E-state index in [0.717, 1.165) is 60.4 Å². The van der Waals surface area contributed by atoms with Gasteiger partial charge in [-0.25, -0.2) is 0 Å². The lowest BCUT2D eigenvalue weighted by molar-refractivity contribution is 0.310. The van der Waals surface area contributed by atoms with Crippen LogP contribution in [0.25, 0.3) is 0 Å². The van der Waals surface area contributed by atoms with Crippen molar-refractivity contribution < 1.29 is 0 Å². The highest BCUT2D eigenvalue weighted by Gasteiger charge is 2.25. The summed E-state index contributed by atoms with van der Waals surface area (Å²) < 4.78 is 0. The molecule has 0 aromatic carbocycles. The van der Waals surface area contributed by atoms with Crippen molar-refractivity contribution in [1.29, 1.82) is 5.26 Å². The molecule has 2 rings (SSSR count). The van der Waals surface area contributed by atoms with Gasteiger partial charge in [-0.2, -0.15) is 10.4 Å². The fourth-order valence-electron chi connectivity index (χ4n) is 3.28. The zero-order valence-corrected chi connectivity index (χ0v) is 13.7. The predicted molar refractivity (Wildman–Crippen MR) is 85.3 cm³/mol. The van der Waals surface area contributed by atoms with Crippen LogP contribution in [0, 0.1) is 23.2 Å². The summed E-state index contributed by atoms with van der Waals surface area (Å²) in [6.07, 6.45) is 4.04. The normalized spacial score (nSPS) is 16.3. The number of hydrogen-bond acceptors (Lipinski definition) is 4. The molecule has 0 radical (unpaired) electrons. The summed E-state index contributed by atoms with van der Waals surface area (Å²) in [6, 6.07) is 2.38. The Morgan fingerprint density at radius 1 is 1.19 bits per heavy atom. The Morgan fingerprint density at radius 3 is 2.33 bits per heavy atom. The van der Waals surface area contributed by atoms with E-state index in [1.54, 1.807) is 0 Å². The number of piperidine rings is 1. The number of nitriles is 1. The van der Waals surface area contributed by atoms with Gasteiger partial charge in [-0.3, -0.25) is 0 Å². The van der Waals surface area contributed by atoms with Crippen molar-refractivity contribution in [2.45, 2.75) is 53.4 Å². The Kier molecular flexibility index (Phi) is 5.17. The van der Waals surface area contributed by atoms with Crippen LogP contribution < -0.4 is 4.90 Å². The van der Waals surface area contributed by atoms with Crippen molar-refractivity contribution >= 4 is 5.82 Å². The second kappa shape index (κ2) is 6.89. The molecule has 1 aromatic rings. The van der Waals surface area contributed by atoms with Crippen LogP contribution in [0.2, 0.25) is 0 Å². The minimum absolute atomic E-state index is 0.738. The Balaban J connectivity index is 2.27. The quantitative estimate of drug-likeness (QED) is 0.851. The van der Waals surface area contributed by atoms with Crippen LogP contribution >= 0.6 is 0 Å². The molecule has 1 fully saturated rings. The van der Waals surface area contributed by atoms with Crippen LogP contribution in [0.1, 0.15) is 57.4 Å². The SMILES string of the molecule is CCc1nnc(N2CCC(C(C)C)CC2)c(C#N)c1CC. The number of hydrogen-bond donors (Lipinski definition) is 0. The van der Waals surface area contributed by atoms with Crippen LogP contribution in [0.5, 0.6) is 0 Å². The molecule has 1 aliphatic heterocycles. The molecular weight excluding hydrogens is 260 g/mol. The summed E-state index contributed by atoms with van der Waals surface area (Å²) >= 11 is 0. The van der Waals surface area contributed by atoms with Crippen molar-refractivity contribution in [3.63, 3.8) is 0 Å². The van der Waals surface area contributed by atoms with Gasteiger partial charge in [0.2, 0.25) is 0 Å². The van der Waals surface area contributed by atoms with Crippen LogP contribution in [0.4, 0.5) is 5.82 Å². The topological polar surface area (TPSA) is 52.8 Å². The van der Waals surface area contributed by atoms with Gasteiger partial charge in [0.05, 0.1) is 5.69 Å². The first-order valence-electron chi connectivity index (χ1n) is 8.15. The molecule has 21 heavy (non-hydrogen) atoms. The number of anilines is 1. The fourth-order valence-corrected chi connectivity index (χ4v) is 3.28. The van der Waals surface area contributed by atoms with Crippen LogP contribution in [-0.4, -0.2) is 23.3 Å². The molecule has 2 heterocycles. The van der Waals surface area contributed by atoms with Gasteiger partial charge in [0, 0.05) is 13.1 Å². The van der Waals surface area contributed by atoms with Gasteiger partial charge in [-0.05, 0) is 43.1 Å². The number of aromatic nitrogens is 2. The van der Waals surface area contributed by atoms with E-state index in [4.69, 9.17) is 0 Å². The summed E-state index contributed by atoms with van der Waals surface area (Å²) in [5.41, 5.74) is 2.79. The Bertz CT molecular complexity index is 522. The van der Waals surface area contributed by atoms with Gasteiger partial charge < -0.3 is 4.90 Å². The van der Waals surface area contributed by atoms with Gasteiger partial charge in [0.25, 0.3) is 0 Å². The summed E-state index contributed by atoms with van der Waals surface area (Å²) in [5.74, 6) is 2.33. The maximum Gasteiger partial charge on any atom is 0.169 e. The molecule has 4 nitrogen and oxygen atoms in total. The lowest BCUT2D eigenvalue weighted by atomic mass is 9.86. The fraction of sp³-hybridized carbons (Fsp3) is 0.706. The first kappa shape index (κ1) is 15.8. The molecule has 114 valence electrons. The van der Waals surface area contributed by atoms with E-state index in [1.807, 2.05) is 0 Å². The maximum absolute atomic E-state index is 9.58. The first-order valence-corrected chi connectivity index (χ1v) is 8.15. The smallest absolute Gasteiger partial charge is 0.169 e. The average molecular weight is 286 g/mol. The number of aryl methyl sites for hydroxylation is 1. The lowest BCUT2D eigenvalue weighted by Crippen LogP contribution is -2.36. The molecule has 0 saturated carbocycles. The van der Waals surface area contributed by atoms with Crippen LogP contribution in [0.15, 0.2) is 0 Å². The number of rotatable bonds is 4. The molecule has 1 aliphatic rings. The van der Waals surface area contributed by atoms with Crippen molar-refractivity contribution in [2.24, 2.45) is 11.8 Å². The van der Waals surface area contributed by atoms with Gasteiger partial charge >= 0.3 is 0 Å². The standard InChI is InChI=1S/C17H26N4/c1-5-14-15(11-18)17(20-19-16(14)6-2)21-9-7-13(8-10-21)12(3)4/h12-13H,5-10H2,1-4H3. The van der Waals surface area contributed by atoms with Crippen molar-refractivity contribution in [3.8, 4) is 6.07 Å². The Labute approximate surface area is 128 Å². The summed E-state index contributed by atoms with van der Waals surface area (Å²) in [6.45, 7) is 10.7. The average Bonchev–Trinajstić information content (AvgIpc) is 2.53. The van der Waals surface area contributed by atoms with Crippen LogP contribution in [0.3, 0.4) is 0 Å². The maximum atomic E-state index is 9.58. The first-order chi connectivity index (χ1) is 10.1. The third-order valence-electron chi connectivity index (χ3n) is 4.72. The summed E-state index contributed by atoms with van der Waals surface area (Å²) in [4.78, 5) is 2.25. The third-order valence-corrected chi connectivity index (χ3v) is 4.72. The predicted octanol–water partition coefficient (Wildman–Crippen LogP) is 3.35. The molecule has 1 saturated heterocycles. The Hall–Kier alpha value is -1.63. The van der Waals surface area contributed by atoms with E-state index in [9.17, 15) is 5.26 Å². The zero-order chi connectivity index (χ0) is 15.4. The van der Waals surface area contributed by atoms with Gasteiger partial charge in [-0.1, -0.05) is 27.7 Å². The highest BCUT2D eigenvalue weighted by atomic mass is 15.3. The molecule has 0 unspecified atom stereocenters. The molecule has 0 amide bonds. The highest BCUT2D eigenvalue weighted by Crippen LogP contribution is 2.30. The third kappa shape index (κ3) is 3.18. The highest BCUT2D eigenvalue weighted by molar-refractivity contribution is 5.58. The van der Waals surface area contributed by atoms with Gasteiger partial charge in [0.1, 0.15) is 11.6 Å². The molecule has 0 atom stereocenters.